The highest BCUT2D eigenvalue weighted by Gasteiger charge is 2.13. The zero-order valence-electron chi connectivity index (χ0n) is 10.7. The lowest BCUT2D eigenvalue weighted by Crippen LogP contribution is -2.05. The first-order valence-corrected chi connectivity index (χ1v) is 5.60. The second kappa shape index (κ2) is 5.09. The summed E-state index contributed by atoms with van der Waals surface area (Å²) in [6.07, 6.45) is 1.61. The number of carbonyl (C=O) groups excluding carboxylic acids is 1. The highest BCUT2D eigenvalue weighted by Crippen LogP contribution is 2.28. The largest absolute Gasteiger partial charge is 0.234 e. The number of aliphatic imine (C=N–C) groups is 1. The molecule has 0 N–H and O–H groups in total. The van der Waals surface area contributed by atoms with Gasteiger partial charge in [0.05, 0.1) is 6.54 Å². The van der Waals surface area contributed by atoms with Gasteiger partial charge in [-0.3, -0.25) is 0 Å². The summed E-state index contributed by atoms with van der Waals surface area (Å²) in [4.78, 5) is 13.8. The molecule has 0 aromatic heterocycles. The number of rotatable bonds is 3. The fourth-order valence-corrected chi connectivity index (χ4v) is 2.33. The molecule has 1 aromatic rings. The molecule has 1 unspecified atom stereocenters. The van der Waals surface area contributed by atoms with Gasteiger partial charge in [0.2, 0.25) is 6.08 Å². The summed E-state index contributed by atoms with van der Waals surface area (Å²) in [6.45, 7) is 11.2. The van der Waals surface area contributed by atoms with Crippen molar-refractivity contribution >= 4 is 6.08 Å². The lowest BCUT2D eigenvalue weighted by Gasteiger charge is -2.19. The first-order valence-electron chi connectivity index (χ1n) is 5.60. The van der Waals surface area contributed by atoms with Gasteiger partial charge in [-0.2, -0.15) is 0 Å². The van der Waals surface area contributed by atoms with Crippen LogP contribution in [-0.4, -0.2) is 12.6 Å². The van der Waals surface area contributed by atoms with Crippen molar-refractivity contribution in [2.45, 2.75) is 40.5 Å². The van der Waals surface area contributed by atoms with Crippen LogP contribution in [-0.2, 0) is 4.79 Å². The van der Waals surface area contributed by atoms with Crippen LogP contribution in [0.3, 0.4) is 0 Å². The molecule has 0 saturated heterocycles. The molecule has 0 aliphatic carbocycles. The monoisotopic (exact) mass is 217 g/mol. The third-order valence-corrected chi connectivity index (χ3v) is 3.34. The fraction of sp³-hybridized carbons (Fsp3) is 0.500. The maximum atomic E-state index is 10.1. The zero-order valence-corrected chi connectivity index (χ0v) is 10.7. The highest BCUT2D eigenvalue weighted by atomic mass is 16.1. The molecule has 0 bridgehead atoms. The van der Waals surface area contributed by atoms with Crippen LogP contribution < -0.4 is 0 Å². The minimum atomic E-state index is 0.278. The van der Waals surface area contributed by atoms with Crippen molar-refractivity contribution in [1.82, 2.24) is 0 Å². The molecule has 0 radical (unpaired) electrons. The Labute approximate surface area is 97.4 Å². The van der Waals surface area contributed by atoms with E-state index >= 15 is 0 Å². The first-order chi connectivity index (χ1) is 7.49. The molecule has 1 rings (SSSR count). The molecule has 2 heteroatoms. The normalized spacial score (nSPS) is 12.1. The zero-order chi connectivity index (χ0) is 12.3. The molecule has 0 heterocycles. The van der Waals surface area contributed by atoms with Crippen molar-refractivity contribution in [3.05, 3.63) is 33.9 Å². The molecule has 1 atom stereocenters. The summed E-state index contributed by atoms with van der Waals surface area (Å²) in [7, 11) is 0. The van der Waals surface area contributed by atoms with Crippen molar-refractivity contribution in [2.24, 2.45) is 4.99 Å². The average molecular weight is 217 g/mol. The van der Waals surface area contributed by atoms with Crippen molar-refractivity contribution in [3.63, 3.8) is 0 Å². The molecule has 86 valence electrons. The van der Waals surface area contributed by atoms with Gasteiger partial charge in [-0.25, -0.2) is 9.79 Å². The molecule has 0 aliphatic heterocycles. The lowest BCUT2D eigenvalue weighted by atomic mass is 9.87. The van der Waals surface area contributed by atoms with E-state index in [1.54, 1.807) is 6.08 Å². The van der Waals surface area contributed by atoms with E-state index in [-0.39, 0.29) is 5.92 Å². The van der Waals surface area contributed by atoms with Crippen LogP contribution in [0, 0.1) is 27.7 Å². The third-order valence-electron chi connectivity index (χ3n) is 3.34. The molecule has 0 fully saturated rings. The Hall–Kier alpha value is -1.40. The molecule has 1 aromatic carbocycles. The number of aryl methyl sites for hydroxylation is 2. The van der Waals surface area contributed by atoms with E-state index in [0.29, 0.717) is 6.54 Å². The second-order valence-electron chi connectivity index (χ2n) is 4.51. The van der Waals surface area contributed by atoms with Crippen molar-refractivity contribution in [3.8, 4) is 0 Å². The Morgan fingerprint density at radius 3 is 2.38 bits per heavy atom. The Morgan fingerprint density at radius 1 is 1.19 bits per heavy atom. The summed E-state index contributed by atoms with van der Waals surface area (Å²) >= 11 is 0. The number of isocyanates is 1. The second-order valence-corrected chi connectivity index (χ2v) is 4.51. The van der Waals surface area contributed by atoms with Crippen LogP contribution in [0.2, 0.25) is 0 Å². The van der Waals surface area contributed by atoms with Crippen LogP contribution in [0.15, 0.2) is 11.1 Å². The number of hydrogen-bond acceptors (Lipinski definition) is 2. The predicted octanol–water partition coefficient (Wildman–Crippen LogP) is 3.36. The van der Waals surface area contributed by atoms with Gasteiger partial charge < -0.3 is 0 Å². The molecule has 0 spiro atoms. The quantitative estimate of drug-likeness (QED) is 0.564. The molecular formula is C14H19NO. The van der Waals surface area contributed by atoms with Crippen LogP contribution in [0.5, 0.6) is 0 Å². The summed E-state index contributed by atoms with van der Waals surface area (Å²) in [5.41, 5.74) is 6.59. The van der Waals surface area contributed by atoms with Crippen molar-refractivity contribution < 1.29 is 4.79 Å². The van der Waals surface area contributed by atoms with Gasteiger partial charge in [0, 0.05) is 5.92 Å². The van der Waals surface area contributed by atoms with Crippen LogP contribution in [0.25, 0.3) is 0 Å². The Morgan fingerprint density at radius 2 is 1.81 bits per heavy atom. The Bertz CT molecular complexity index is 443. The van der Waals surface area contributed by atoms with E-state index in [9.17, 15) is 4.79 Å². The van der Waals surface area contributed by atoms with Crippen LogP contribution in [0.1, 0.15) is 40.7 Å². The summed E-state index contributed by atoms with van der Waals surface area (Å²) < 4.78 is 0. The minimum Gasteiger partial charge on any atom is -0.211 e. The van der Waals surface area contributed by atoms with Crippen molar-refractivity contribution in [2.75, 3.05) is 6.54 Å². The van der Waals surface area contributed by atoms with Gasteiger partial charge in [-0.15, -0.1) is 0 Å². The molecule has 0 aliphatic rings. The smallest absolute Gasteiger partial charge is 0.211 e. The van der Waals surface area contributed by atoms with E-state index in [0.717, 1.165) is 0 Å². The van der Waals surface area contributed by atoms with E-state index in [4.69, 9.17) is 0 Å². The summed E-state index contributed by atoms with van der Waals surface area (Å²) in [6, 6.07) is 2.21. The topological polar surface area (TPSA) is 29.4 Å². The maximum Gasteiger partial charge on any atom is 0.234 e. The van der Waals surface area contributed by atoms with E-state index in [2.05, 4.69) is 45.7 Å². The lowest BCUT2D eigenvalue weighted by molar-refractivity contribution is 0.561. The average Bonchev–Trinajstić information content (AvgIpc) is 2.23. The van der Waals surface area contributed by atoms with Gasteiger partial charge in [0.1, 0.15) is 0 Å². The van der Waals surface area contributed by atoms with E-state index in [1.165, 1.54) is 27.8 Å². The summed E-state index contributed by atoms with van der Waals surface area (Å²) in [5, 5.41) is 0. The van der Waals surface area contributed by atoms with Gasteiger partial charge in [-0.1, -0.05) is 13.0 Å². The number of nitrogens with zero attached hydrogens (tertiary/aromatic N) is 1. The van der Waals surface area contributed by atoms with Crippen molar-refractivity contribution in [1.29, 1.82) is 0 Å². The number of hydrogen-bond donors (Lipinski definition) is 0. The van der Waals surface area contributed by atoms with Gasteiger partial charge in [0.25, 0.3) is 0 Å². The van der Waals surface area contributed by atoms with E-state index < -0.39 is 0 Å². The molecule has 16 heavy (non-hydrogen) atoms. The molecular weight excluding hydrogens is 198 g/mol. The predicted molar refractivity (Wildman–Crippen MR) is 66.8 cm³/mol. The SMILES string of the molecule is Cc1cc(C)c(C(C)CN=C=O)c(C)c1C. The van der Waals surface area contributed by atoms with E-state index in [1.807, 2.05) is 0 Å². The van der Waals surface area contributed by atoms with Crippen LogP contribution >= 0.6 is 0 Å². The number of benzene rings is 1. The third kappa shape index (κ3) is 2.40. The first kappa shape index (κ1) is 12.7. The standard InChI is InChI=1S/C14H19NO/c1-9-6-10(2)14(13(5)12(9)4)11(3)7-15-8-16/h6,11H,7H2,1-5H3. The molecule has 0 saturated carbocycles. The molecule has 2 nitrogen and oxygen atoms in total. The maximum absolute atomic E-state index is 10.1. The Kier molecular flexibility index (Phi) is 4.03. The fourth-order valence-electron chi connectivity index (χ4n) is 2.33. The Balaban J connectivity index is 3.22. The summed E-state index contributed by atoms with van der Waals surface area (Å²) in [5.74, 6) is 0.278. The molecule has 0 amide bonds. The minimum absolute atomic E-state index is 0.278. The van der Waals surface area contributed by atoms with Crippen LogP contribution in [0.4, 0.5) is 0 Å². The van der Waals surface area contributed by atoms with Gasteiger partial charge >= 0.3 is 0 Å². The highest BCUT2D eigenvalue weighted by molar-refractivity contribution is 5.46. The van der Waals surface area contributed by atoms with Gasteiger partial charge in [0.15, 0.2) is 0 Å². The van der Waals surface area contributed by atoms with Gasteiger partial charge in [-0.05, 0) is 55.5 Å².